The summed E-state index contributed by atoms with van der Waals surface area (Å²) in [6, 6.07) is 27.3. The van der Waals surface area contributed by atoms with E-state index in [2.05, 4.69) is 24.3 Å². The molecule has 0 radical (unpaired) electrons. The maximum atomic E-state index is 11.2. The monoisotopic (exact) mass is 356 g/mol. The van der Waals surface area contributed by atoms with Crippen LogP contribution in [0.15, 0.2) is 97.1 Å². The van der Waals surface area contributed by atoms with Gasteiger partial charge >= 0.3 is 0 Å². The van der Waals surface area contributed by atoms with E-state index in [-0.39, 0.29) is 11.6 Å². The third-order valence-electron chi connectivity index (χ3n) is 4.07. The van der Waals surface area contributed by atoms with E-state index in [4.69, 9.17) is 4.74 Å². The molecule has 0 aromatic heterocycles. The normalized spacial score (nSPS) is 12.1. The van der Waals surface area contributed by atoms with Crippen molar-refractivity contribution in [1.82, 2.24) is 0 Å². The standard InChI is InChI=1S/C14H14O.C10H6O2/c1-3-7-13(8-4-1)11-15-12-14-9-5-2-6-10-14;11-9-5-6-10(12)8-4-2-1-3-7(8)9/h1-10H,11-12H2;1-6H. The van der Waals surface area contributed by atoms with Crippen LogP contribution in [-0.2, 0) is 18.0 Å². The average Bonchev–Trinajstić information content (AvgIpc) is 2.73. The molecule has 0 amide bonds. The molecule has 0 unspecified atom stereocenters. The zero-order chi connectivity index (χ0) is 18.9. The Kier molecular flexibility index (Phi) is 6.45. The number of fused-ring (bicyclic) bond motifs is 1. The largest absolute Gasteiger partial charge is 0.372 e. The number of carbonyl (C=O) groups is 2. The number of hydrogen-bond donors (Lipinski definition) is 0. The molecular weight excluding hydrogens is 336 g/mol. The molecule has 0 spiro atoms. The predicted octanol–water partition coefficient (Wildman–Crippen LogP) is 5.03. The summed E-state index contributed by atoms with van der Waals surface area (Å²) in [5.74, 6) is -0.185. The fourth-order valence-electron chi connectivity index (χ4n) is 2.68. The Balaban J connectivity index is 0.000000159. The molecule has 3 aromatic carbocycles. The summed E-state index contributed by atoms with van der Waals surface area (Å²) in [7, 11) is 0. The van der Waals surface area contributed by atoms with Gasteiger partial charge in [-0.15, -0.1) is 0 Å². The van der Waals surface area contributed by atoms with Gasteiger partial charge < -0.3 is 4.74 Å². The highest BCUT2D eigenvalue weighted by molar-refractivity contribution is 6.21. The summed E-state index contributed by atoms with van der Waals surface area (Å²) in [4.78, 5) is 22.4. The summed E-state index contributed by atoms with van der Waals surface area (Å²) >= 11 is 0. The van der Waals surface area contributed by atoms with Gasteiger partial charge in [0.15, 0.2) is 11.6 Å². The first-order chi connectivity index (χ1) is 13.2. The van der Waals surface area contributed by atoms with Crippen molar-refractivity contribution >= 4 is 11.6 Å². The number of hydrogen-bond acceptors (Lipinski definition) is 3. The smallest absolute Gasteiger partial charge is 0.186 e. The number of ether oxygens (including phenoxy) is 1. The van der Waals surface area contributed by atoms with Crippen LogP contribution >= 0.6 is 0 Å². The molecule has 4 rings (SSSR count). The lowest BCUT2D eigenvalue weighted by molar-refractivity contribution is 0.0994. The van der Waals surface area contributed by atoms with Gasteiger partial charge in [0.05, 0.1) is 13.2 Å². The van der Waals surface area contributed by atoms with E-state index in [1.165, 1.54) is 23.3 Å². The number of benzene rings is 3. The Morgan fingerprint density at radius 1 is 0.519 bits per heavy atom. The lowest BCUT2D eigenvalue weighted by Crippen LogP contribution is -2.10. The second-order valence-electron chi connectivity index (χ2n) is 6.07. The maximum absolute atomic E-state index is 11.2. The first kappa shape index (κ1) is 18.5. The highest BCUT2D eigenvalue weighted by Crippen LogP contribution is 2.15. The van der Waals surface area contributed by atoms with Crippen molar-refractivity contribution in [3.63, 3.8) is 0 Å². The first-order valence-corrected chi connectivity index (χ1v) is 8.75. The molecule has 0 aliphatic heterocycles. The van der Waals surface area contributed by atoms with E-state index in [9.17, 15) is 9.59 Å². The maximum Gasteiger partial charge on any atom is 0.186 e. The molecule has 3 aromatic rings. The predicted molar refractivity (Wildman–Crippen MR) is 106 cm³/mol. The van der Waals surface area contributed by atoms with Crippen molar-refractivity contribution < 1.29 is 14.3 Å². The van der Waals surface area contributed by atoms with Crippen LogP contribution in [0.2, 0.25) is 0 Å². The summed E-state index contributed by atoms with van der Waals surface area (Å²) in [6.45, 7) is 1.35. The lowest BCUT2D eigenvalue weighted by Gasteiger charge is -2.06. The topological polar surface area (TPSA) is 43.4 Å². The van der Waals surface area contributed by atoms with Crippen LogP contribution in [0.3, 0.4) is 0 Å². The van der Waals surface area contributed by atoms with E-state index in [1.54, 1.807) is 24.3 Å². The van der Waals surface area contributed by atoms with Crippen LogP contribution < -0.4 is 0 Å². The van der Waals surface area contributed by atoms with Crippen molar-refractivity contribution in [1.29, 1.82) is 0 Å². The minimum absolute atomic E-state index is 0.0924. The van der Waals surface area contributed by atoms with Crippen molar-refractivity contribution in [3.05, 3.63) is 119 Å². The van der Waals surface area contributed by atoms with E-state index in [0.717, 1.165) is 0 Å². The zero-order valence-corrected chi connectivity index (χ0v) is 14.9. The molecule has 0 atom stereocenters. The van der Waals surface area contributed by atoms with Crippen LogP contribution in [0.1, 0.15) is 31.8 Å². The fourth-order valence-corrected chi connectivity index (χ4v) is 2.68. The summed E-state index contributed by atoms with van der Waals surface area (Å²) in [6.07, 6.45) is 2.62. The Morgan fingerprint density at radius 3 is 1.30 bits per heavy atom. The molecule has 3 nitrogen and oxygen atoms in total. The average molecular weight is 356 g/mol. The van der Waals surface area contributed by atoms with Crippen LogP contribution in [0.5, 0.6) is 0 Å². The van der Waals surface area contributed by atoms with Crippen molar-refractivity contribution in [3.8, 4) is 0 Å². The Bertz CT molecular complexity index is 852. The Morgan fingerprint density at radius 2 is 0.889 bits per heavy atom. The number of ketones is 2. The second kappa shape index (κ2) is 9.41. The van der Waals surface area contributed by atoms with Gasteiger partial charge in [0, 0.05) is 11.1 Å². The summed E-state index contributed by atoms with van der Waals surface area (Å²) in [5, 5.41) is 0. The highest BCUT2D eigenvalue weighted by atomic mass is 16.5. The molecular formula is C24H20O3. The van der Waals surface area contributed by atoms with Gasteiger partial charge in [0.25, 0.3) is 0 Å². The van der Waals surface area contributed by atoms with Crippen molar-refractivity contribution in [2.24, 2.45) is 0 Å². The van der Waals surface area contributed by atoms with Crippen molar-refractivity contribution in [2.45, 2.75) is 13.2 Å². The quantitative estimate of drug-likeness (QED) is 0.659. The molecule has 0 saturated carbocycles. The molecule has 3 heteroatoms. The molecule has 0 bridgehead atoms. The number of carbonyl (C=O) groups excluding carboxylic acids is 2. The molecule has 0 N–H and O–H groups in total. The summed E-state index contributed by atoms with van der Waals surface area (Å²) < 4.78 is 5.61. The van der Waals surface area contributed by atoms with Gasteiger partial charge in [0.1, 0.15) is 0 Å². The SMILES string of the molecule is O=C1C=CC(=O)c2ccccc21.c1ccc(COCc2ccccc2)cc1. The van der Waals surface area contributed by atoms with Gasteiger partial charge in [-0.25, -0.2) is 0 Å². The molecule has 1 aliphatic carbocycles. The lowest BCUT2D eigenvalue weighted by atomic mass is 9.95. The number of allylic oxidation sites excluding steroid dienone is 2. The van der Waals surface area contributed by atoms with Crippen LogP contribution in [0, 0.1) is 0 Å². The second-order valence-corrected chi connectivity index (χ2v) is 6.07. The van der Waals surface area contributed by atoms with Gasteiger partial charge in [-0.1, -0.05) is 84.9 Å². The molecule has 1 aliphatic rings. The van der Waals surface area contributed by atoms with Gasteiger partial charge in [0.2, 0.25) is 0 Å². The minimum Gasteiger partial charge on any atom is -0.372 e. The van der Waals surface area contributed by atoms with Gasteiger partial charge in [-0.05, 0) is 23.3 Å². The van der Waals surface area contributed by atoms with Crippen LogP contribution in [-0.4, -0.2) is 11.6 Å². The zero-order valence-electron chi connectivity index (χ0n) is 14.9. The van der Waals surface area contributed by atoms with Crippen molar-refractivity contribution in [2.75, 3.05) is 0 Å². The number of rotatable bonds is 4. The third kappa shape index (κ3) is 5.33. The van der Waals surface area contributed by atoms with Crippen LogP contribution in [0.25, 0.3) is 0 Å². The minimum atomic E-state index is -0.0924. The molecule has 134 valence electrons. The Hall–Kier alpha value is -3.30. The van der Waals surface area contributed by atoms with E-state index in [1.807, 2.05) is 36.4 Å². The molecule has 0 fully saturated rings. The molecule has 27 heavy (non-hydrogen) atoms. The first-order valence-electron chi connectivity index (χ1n) is 8.75. The van der Waals surface area contributed by atoms with Crippen LogP contribution in [0.4, 0.5) is 0 Å². The fraction of sp³-hybridized carbons (Fsp3) is 0.0833. The third-order valence-corrected chi connectivity index (χ3v) is 4.07. The molecule has 0 saturated heterocycles. The van der Waals surface area contributed by atoms with Gasteiger partial charge in [-0.2, -0.15) is 0 Å². The van der Waals surface area contributed by atoms with E-state index < -0.39 is 0 Å². The van der Waals surface area contributed by atoms with E-state index >= 15 is 0 Å². The van der Waals surface area contributed by atoms with E-state index in [0.29, 0.717) is 24.3 Å². The summed E-state index contributed by atoms with van der Waals surface area (Å²) in [5.41, 5.74) is 3.44. The Labute approximate surface area is 158 Å². The highest BCUT2D eigenvalue weighted by Gasteiger charge is 2.16. The molecule has 0 heterocycles. The van der Waals surface area contributed by atoms with Gasteiger partial charge in [-0.3, -0.25) is 9.59 Å².